The van der Waals surface area contributed by atoms with Crippen molar-refractivity contribution in [1.29, 1.82) is 0 Å². The Morgan fingerprint density at radius 3 is 2.67 bits per heavy atom. The van der Waals surface area contributed by atoms with Gasteiger partial charge in [-0.05, 0) is 31.1 Å². The molecule has 6 heteroatoms. The van der Waals surface area contributed by atoms with Crippen LogP contribution in [0.1, 0.15) is 51.0 Å². The lowest BCUT2D eigenvalue weighted by Crippen LogP contribution is -2.41. The minimum Gasteiger partial charge on any atom is -0.352 e. The molecule has 1 amide bonds. The van der Waals surface area contributed by atoms with Crippen molar-refractivity contribution in [2.24, 2.45) is 11.8 Å². The van der Waals surface area contributed by atoms with Crippen molar-refractivity contribution in [3.8, 4) is 0 Å². The lowest BCUT2D eigenvalue weighted by molar-refractivity contribution is -0.123. The Bertz CT molecular complexity index is 509. The summed E-state index contributed by atoms with van der Waals surface area (Å²) in [5.41, 5.74) is 1.14. The summed E-state index contributed by atoms with van der Waals surface area (Å²) in [5, 5.41) is 3.32. The molecule has 1 aliphatic heterocycles. The number of carbonyl (C=O) groups excluding carboxylic acids is 1. The molecule has 0 spiro atoms. The van der Waals surface area contributed by atoms with Gasteiger partial charge in [-0.15, -0.1) is 12.4 Å². The maximum Gasteiger partial charge on any atom is 0.220 e. The van der Waals surface area contributed by atoms with E-state index in [1.54, 1.807) is 6.33 Å². The van der Waals surface area contributed by atoms with Gasteiger partial charge < -0.3 is 5.32 Å². The Hall–Kier alpha value is -1.20. The fourth-order valence-electron chi connectivity index (χ4n) is 3.81. The van der Waals surface area contributed by atoms with Crippen LogP contribution in [0.15, 0.2) is 18.7 Å². The number of carbonyl (C=O) groups is 1. The standard InChI is InChI=1S/C18H28N4O.ClH/c1-2-4-16-11-22(10-15-8-19-13-20-9-15)12-17(16)21-18(23)7-14-5-3-6-14;/h8-9,13-14,16-17H,2-7,10-12H2,1H3,(H,21,23);1H/t16-,17-;/m0./s1. The molecule has 24 heavy (non-hydrogen) atoms. The highest BCUT2D eigenvalue weighted by Crippen LogP contribution is 2.30. The van der Waals surface area contributed by atoms with Gasteiger partial charge in [0, 0.05) is 50.1 Å². The second-order valence-electron chi connectivity index (χ2n) is 7.16. The van der Waals surface area contributed by atoms with Crippen LogP contribution in [0, 0.1) is 11.8 Å². The van der Waals surface area contributed by atoms with Crippen LogP contribution in [0.5, 0.6) is 0 Å². The zero-order chi connectivity index (χ0) is 16.1. The van der Waals surface area contributed by atoms with Gasteiger partial charge in [-0.25, -0.2) is 9.97 Å². The molecule has 1 aliphatic carbocycles. The highest BCUT2D eigenvalue weighted by atomic mass is 35.5. The van der Waals surface area contributed by atoms with Crippen molar-refractivity contribution in [2.75, 3.05) is 13.1 Å². The fraction of sp³-hybridized carbons (Fsp3) is 0.722. The Kier molecular flexibility index (Phi) is 7.43. The van der Waals surface area contributed by atoms with Crippen molar-refractivity contribution in [3.63, 3.8) is 0 Å². The van der Waals surface area contributed by atoms with Crippen molar-refractivity contribution >= 4 is 18.3 Å². The molecule has 134 valence electrons. The molecule has 1 aromatic rings. The molecule has 0 aromatic carbocycles. The van der Waals surface area contributed by atoms with E-state index in [4.69, 9.17) is 0 Å². The SMILES string of the molecule is CCC[C@H]1CN(Cc2cncnc2)C[C@@H]1NC(=O)CC1CCC1.Cl. The number of aromatic nitrogens is 2. The monoisotopic (exact) mass is 352 g/mol. The van der Waals surface area contributed by atoms with E-state index >= 15 is 0 Å². The number of likely N-dealkylation sites (tertiary alicyclic amines) is 1. The van der Waals surface area contributed by atoms with E-state index in [-0.39, 0.29) is 18.3 Å². The Morgan fingerprint density at radius 1 is 1.29 bits per heavy atom. The van der Waals surface area contributed by atoms with E-state index in [1.807, 2.05) is 12.4 Å². The molecule has 2 heterocycles. The molecule has 0 bridgehead atoms. The molecular weight excluding hydrogens is 324 g/mol. The third-order valence-corrected chi connectivity index (χ3v) is 5.24. The zero-order valence-corrected chi connectivity index (χ0v) is 15.3. The zero-order valence-electron chi connectivity index (χ0n) is 14.5. The summed E-state index contributed by atoms with van der Waals surface area (Å²) in [5.74, 6) is 1.46. The molecule has 1 saturated heterocycles. The molecule has 3 rings (SSSR count). The van der Waals surface area contributed by atoms with E-state index < -0.39 is 0 Å². The Labute approximate surface area is 151 Å². The number of hydrogen-bond donors (Lipinski definition) is 1. The van der Waals surface area contributed by atoms with Gasteiger partial charge in [0.05, 0.1) is 0 Å². The van der Waals surface area contributed by atoms with Crippen molar-refractivity contribution in [2.45, 2.75) is 58.0 Å². The first-order valence-corrected chi connectivity index (χ1v) is 9.00. The molecule has 5 nitrogen and oxygen atoms in total. The molecule has 0 unspecified atom stereocenters. The predicted molar refractivity (Wildman–Crippen MR) is 96.8 cm³/mol. The number of amides is 1. The van der Waals surface area contributed by atoms with Crippen molar-refractivity contribution in [3.05, 3.63) is 24.3 Å². The molecule has 2 fully saturated rings. The van der Waals surface area contributed by atoms with E-state index in [1.165, 1.54) is 32.1 Å². The normalized spacial score (nSPS) is 24.2. The van der Waals surface area contributed by atoms with Crippen LogP contribution in [0.25, 0.3) is 0 Å². The Morgan fingerprint density at radius 2 is 2.04 bits per heavy atom. The van der Waals surface area contributed by atoms with Gasteiger partial charge >= 0.3 is 0 Å². The maximum atomic E-state index is 12.3. The van der Waals surface area contributed by atoms with E-state index in [9.17, 15) is 4.79 Å². The van der Waals surface area contributed by atoms with Gasteiger partial charge in [0.1, 0.15) is 6.33 Å². The second kappa shape index (κ2) is 9.33. The summed E-state index contributed by atoms with van der Waals surface area (Å²) in [6.07, 6.45) is 12.2. The van der Waals surface area contributed by atoms with Gasteiger partial charge in [0.2, 0.25) is 5.91 Å². The molecule has 1 aromatic heterocycles. The number of halogens is 1. The van der Waals surface area contributed by atoms with Crippen LogP contribution in [0.3, 0.4) is 0 Å². The Balaban J connectivity index is 0.00000208. The highest BCUT2D eigenvalue weighted by molar-refractivity contribution is 5.85. The average molecular weight is 353 g/mol. The molecule has 1 N–H and O–H groups in total. The van der Waals surface area contributed by atoms with Crippen LogP contribution < -0.4 is 5.32 Å². The third-order valence-electron chi connectivity index (χ3n) is 5.24. The maximum absolute atomic E-state index is 12.3. The minimum atomic E-state index is 0. The average Bonchev–Trinajstić information content (AvgIpc) is 2.86. The van der Waals surface area contributed by atoms with Crippen LogP contribution in [-0.2, 0) is 11.3 Å². The first-order chi connectivity index (χ1) is 11.2. The lowest BCUT2D eigenvalue weighted by atomic mass is 9.82. The molecule has 2 aliphatic rings. The second-order valence-corrected chi connectivity index (χ2v) is 7.16. The lowest BCUT2D eigenvalue weighted by Gasteiger charge is -2.26. The summed E-state index contributed by atoms with van der Waals surface area (Å²) >= 11 is 0. The van der Waals surface area contributed by atoms with E-state index in [0.717, 1.165) is 31.6 Å². The highest BCUT2D eigenvalue weighted by Gasteiger charge is 2.33. The van der Waals surface area contributed by atoms with Crippen LogP contribution >= 0.6 is 12.4 Å². The molecule has 2 atom stereocenters. The third kappa shape index (κ3) is 5.15. The summed E-state index contributed by atoms with van der Waals surface area (Å²) in [6.45, 7) is 5.09. The summed E-state index contributed by atoms with van der Waals surface area (Å²) in [4.78, 5) is 22.9. The van der Waals surface area contributed by atoms with Crippen LogP contribution in [-0.4, -0.2) is 39.9 Å². The first kappa shape index (κ1) is 19.1. The van der Waals surface area contributed by atoms with Crippen molar-refractivity contribution < 1.29 is 4.79 Å². The number of hydrogen-bond acceptors (Lipinski definition) is 4. The van der Waals surface area contributed by atoms with Gasteiger partial charge in [-0.3, -0.25) is 9.69 Å². The summed E-state index contributed by atoms with van der Waals surface area (Å²) in [6, 6.07) is 0.298. The number of nitrogens with one attached hydrogen (secondary N) is 1. The van der Waals surface area contributed by atoms with Crippen molar-refractivity contribution in [1.82, 2.24) is 20.2 Å². The van der Waals surface area contributed by atoms with Gasteiger partial charge in [0.25, 0.3) is 0 Å². The largest absolute Gasteiger partial charge is 0.352 e. The molecule has 1 saturated carbocycles. The van der Waals surface area contributed by atoms with Gasteiger partial charge in [-0.2, -0.15) is 0 Å². The van der Waals surface area contributed by atoms with Crippen LogP contribution in [0.2, 0.25) is 0 Å². The molecule has 0 radical (unpaired) electrons. The smallest absolute Gasteiger partial charge is 0.220 e. The summed E-state index contributed by atoms with van der Waals surface area (Å²) in [7, 11) is 0. The fourth-order valence-corrected chi connectivity index (χ4v) is 3.81. The predicted octanol–water partition coefficient (Wildman–Crippen LogP) is 2.81. The summed E-state index contributed by atoms with van der Waals surface area (Å²) < 4.78 is 0. The van der Waals surface area contributed by atoms with Crippen LogP contribution in [0.4, 0.5) is 0 Å². The number of nitrogens with zero attached hydrogens (tertiary/aromatic N) is 3. The minimum absolute atomic E-state index is 0. The van der Waals surface area contributed by atoms with E-state index in [0.29, 0.717) is 17.9 Å². The quantitative estimate of drug-likeness (QED) is 0.819. The van der Waals surface area contributed by atoms with Gasteiger partial charge in [-0.1, -0.05) is 19.8 Å². The van der Waals surface area contributed by atoms with E-state index in [2.05, 4.69) is 27.1 Å². The topological polar surface area (TPSA) is 58.1 Å². The number of rotatable bonds is 7. The van der Waals surface area contributed by atoms with Gasteiger partial charge in [0.15, 0.2) is 0 Å². The first-order valence-electron chi connectivity index (χ1n) is 9.00. The molecular formula is C18H29ClN4O.